The first-order valence-electron chi connectivity index (χ1n) is 8.30. The van der Waals surface area contributed by atoms with E-state index in [0.717, 1.165) is 5.56 Å². The van der Waals surface area contributed by atoms with Gasteiger partial charge in [0.1, 0.15) is 12.4 Å². The first kappa shape index (κ1) is 17.7. The summed E-state index contributed by atoms with van der Waals surface area (Å²) in [5, 5.41) is 0. The molecule has 0 N–H and O–H groups in total. The van der Waals surface area contributed by atoms with Gasteiger partial charge in [0.15, 0.2) is 11.5 Å². The number of carbonyl (C=O) groups excluding carboxylic acids is 1. The minimum atomic E-state index is -0.534. The average molecular weight is 354 g/mol. The van der Waals surface area contributed by atoms with Crippen LogP contribution in [0.2, 0.25) is 0 Å². The smallest absolute Gasteiger partial charge is 0.360 e. The second kappa shape index (κ2) is 7.82. The highest BCUT2D eigenvalue weighted by Gasteiger charge is 2.24. The van der Waals surface area contributed by atoms with Crippen LogP contribution in [0.1, 0.15) is 28.7 Å². The van der Waals surface area contributed by atoms with Crippen molar-refractivity contribution >= 4 is 5.97 Å². The van der Waals surface area contributed by atoms with Crippen LogP contribution in [-0.4, -0.2) is 22.3 Å². The van der Waals surface area contributed by atoms with E-state index in [9.17, 15) is 9.18 Å². The van der Waals surface area contributed by atoms with Crippen LogP contribution < -0.4 is 4.84 Å². The molecule has 0 atom stereocenters. The zero-order chi connectivity index (χ0) is 18.5. The number of hydrogen-bond donors (Lipinski definition) is 0. The van der Waals surface area contributed by atoms with Gasteiger partial charge in [0.25, 0.3) is 0 Å². The summed E-state index contributed by atoms with van der Waals surface area (Å²) in [5.41, 5.74) is 1.84. The van der Waals surface area contributed by atoms with Crippen LogP contribution in [0.5, 0.6) is 0 Å². The lowest BCUT2D eigenvalue weighted by Crippen LogP contribution is -2.21. The molecule has 1 heterocycles. The Bertz CT molecular complexity index is 907. The summed E-state index contributed by atoms with van der Waals surface area (Å²) in [5.74, 6) is -0.445. The molecule has 0 amide bonds. The molecule has 0 saturated heterocycles. The van der Waals surface area contributed by atoms with Gasteiger partial charge in [-0.05, 0) is 19.9 Å². The Hall–Kier alpha value is -3.15. The van der Waals surface area contributed by atoms with Gasteiger partial charge in [0.2, 0.25) is 0 Å². The van der Waals surface area contributed by atoms with Crippen LogP contribution in [0.3, 0.4) is 0 Å². The van der Waals surface area contributed by atoms with Crippen molar-refractivity contribution in [3.8, 4) is 11.4 Å². The van der Waals surface area contributed by atoms with Gasteiger partial charge in [-0.15, -0.1) is 0 Å². The van der Waals surface area contributed by atoms with E-state index in [1.54, 1.807) is 32.0 Å². The summed E-state index contributed by atoms with van der Waals surface area (Å²) < 4.78 is 20.4. The van der Waals surface area contributed by atoms with E-state index < -0.39 is 5.97 Å². The minimum Gasteiger partial charge on any atom is -0.461 e. The predicted molar refractivity (Wildman–Crippen MR) is 95.0 cm³/mol. The number of hydrogen-bond acceptors (Lipinski definition) is 4. The van der Waals surface area contributed by atoms with Crippen molar-refractivity contribution in [2.24, 2.45) is 0 Å². The second-order valence-electron chi connectivity index (χ2n) is 5.62. The number of esters is 1. The number of aromatic nitrogens is 2. The largest absolute Gasteiger partial charge is 0.461 e. The summed E-state index contributed by atoms with van der Waals surface area (Å²) in [7, 11) is 0. The molecule has 134 valence electrons. The van der Waals surface area contributed by atoms with Crippen LogP contribution in [0, 0.1) is 12.7 Å². The van der Waals surface area contributed by atoms with E-state index in [2.05, 4.69) is 4.98 Å². The van der Waals surface area contributed by atoms with Gasteiger partial charge in [-0.2, -0.15) is 4.73 Å². The fourth-order valence-corrected chi connectivity index (χ4v) is 2.58. The molecule has 0 aliphatic heterocycles. The molecule has 0 saturated carbocycles. The minimum absolute atomic E-state index is 0.0469. The summed E-state index contributed by atoms with van der Waals surface area (Å²) in [4.78, 5) is 22.6. The molecule has 0 aliphatic carbocycles. The maximum absolute atomic E-state index is 13.9. The van der Waals surface area contributed by atoms with Crippen molar-refractivity contribution in [1.82, 2.24) is 9.71 Å². The first-order valence-corrected chi connectivity index (χ1v) is 8.30. The Balaban J connectivity index is 2.02. The van der Waals surface area contributed by atoms with E-state index in [1.807, 2.05) is 30.3 Å². The van der Waals surface area contributed by atoms with Gasteiger partial charge in [-0.1, -0.05) is 48.5 Å². The van der Waals surface area contributed by atoms with Crippen LogP contribution in [0.25, 0.3) is 11.4 Å². The lowest BCUT2D eigenvalue weighted by Gasteiger charge is -2.13. The van der Waals surface area contributed by atoms with E-state index in [0.29, 0.717) is 17.1 Å². The molecule has 5 nitrogen and oxygen atoms in total. The number of nitrogens with zero attached hydrogens (tertiary/aromatic N) is 2. The molecule has 0 fully saturated rings. The summed E-state index contributed by atoms with van der Waals surface area (Å²) in [6.07, 6.45) is 0. The monoisotopic (exact) mass is 354 g/mol. The van der Waals surface area contributed by atoms with Crippen molar-refractivity contribution in [3.63, 3.8) is 0 Å². The average Bonchev–Trinajstić information content (AvgIpc) is 2.98. The van der Waals surface area contributed by atoms with Gasteiger partial charge >= 0.3 is 5.97 Å². The molecular weight excluding hydrogens is 335 g/mol. The Labute approximate surface area is 151 Å². The lowest BCUT2D eigenvalue weighted by molar-refractivity contribution is 0.0424. The Morgan fingerprint density at radius 1 is 1.12 bits per heavy atom. The van der Waals surface area contributed by atoms with Crippen molar-refractivity contribution in [1.29, 1.82) is 0 Å². The molecule has 3 aromatic rings. The fraction of sp³-hybridized carbons (Fsp3) is 0.200. The van der Waals surface area contributed by atoms with Gasteiger partial charge in [0.05, 0.1) is 12.3 Å². The predicted octanol–water partition coefficient (Wildman–Crippen LogP) is 3.80. The topological polar surface area (TPSA) is 53.3 Å². The number of rotatable bonds is 6. The molecule has 0 spiro atoms. The molecule has 26 heavy (non-hydrogen) atoms. The zero-order valence-corrected chi connectivity index (χ0v) is 14.6. The van der Waals surface area contributed by atoms with Crippen molar-refractivity contribution in [2.45, 2.75) is 20.5 Å². The van der Waals surface area contributed by atoms with Crippen LogP contribution in [-0.2, 0) is 11.3 Å². The highest BCUT2D eigenvalue weighted by Crippen LogP contribution is 2.22. The molecule has 0 radical (unpaired) electrons. The summed E-state index contributed by atoms with van der Waals surface area (Å²) in [6, 6.07) is 15.7. The molecule has 3 rings (SSSR count). The normalized spacial score (nSPS) is 10.6. The molecule has 0 aliphatic rings. The molecule has 0 unspecified atom stereocenters. The van der Waals surface area contributed by atoms with Gasteiger partial charge in [-0.3, -0.25) is 0 Å². The maximum atomic E-state index is 13.9. The summed E-state index contributed by atoms with van der Waals surface area (Å²) in [6.45, 7) is 3.63. The van der Waals surface area contributed by atoms with E-state index in [1.165, 1.54) is 10.8 Å². The Morgan fingerprint density at radius 3 is 2.50 bits per heavy atom. The standard InChI is InChI=1S/C20H19FN2O3/c1-3-25-20(24)18-14(2)22-19(15-9-5-4-6-10-15)23(18)26-13-16-11-7-8-12-17(16)21/h4-12H,3,13H2,1-2H3. The molecule has 6 heteroatoms. The molecule has 2 aromatic carbocycles. The third-order valence-electron chi connectivity index (χ3n) is 3.82. The maximum Gasteiger partial charge on any atom is 0.360 e. The van der Waals surface area contributed by atoms with Crippen LogP contribution >= 0.6 is 0 Å². The van der Waals surface area contributed by atoms with Gasteiger partial charge in [0, 0.05) is 11.1 Å². The number of carbonyl (C=O) groups is 1. The second-order valence-corrected chi connectivity index (χ2v) is 5.62. The summed E-state index contributed by atoms with van der Waals surface area (Å²) >= 11 is 0. The lowest BCUT2D eigenvalue weighted by atomic mass is 10.2. The zero-order valence-electron chi connectivity index (χ0n) is 14.6. The van der Waals surface area contributed by atoms with Crippen LogP contribution in [0.4, 0.5) is 4.39 Å². The van der Waals surface area contributed by atoms with E-state index in [4.69, 9.17) is 9.57 Å². The van der Waals surface area contributed by atoms with E-state index in [-0.39, 0.29) is 24.7 Å². The fourth-order valence-electron chi connectivity index (χ4n) is 2.58. The van der Waals surface area contributed by atoms with Crippen molar-refractivity contribution in [2.75, 3.05) is 6.61 Å². The SMILES string of the molecule is CCOC(=O)c1c(C)nc(-c2ccccc2)n1OCc1ccccc1F. The number of ether oxygens (including phenoxy) is 1. The number of halogens is 1. The Kier molecular flexibility index (Phi) is 5.31. The number of imidazole rings is 1. The quantitative estimate of drug-likeness (QED) is 0.632. The number of aryl methyl sites for hydroxylation is 1. The molecule has 1 aromatic heterocycles. The first-order chi connectivity index (χ1) is 12.6. The highest BCUT2D eigenvalue weighted by atomic mass is 19.1. The molecular formula is C20H19FN2O3. The van der Waals surface area contributed by atoms with Crippen molar-refractivity contribution < 1.29 is 18.8 Å². The Morgan fingerprint density at radius 2 is 1.81 bits per heavy atom. The van der Waals surface area contributed by atoms with E-state index >= 15 is 0 Å². The van der Waals surface area contributed by atoms with Crippen molar-refractivity contribution in [3.05, 3.63) is 77.4 Å². The molecule has 0 bridgehead atoms. The third-order valence-corrected chi connectivity index (χ3v) is 3.82. The van der Waals surface area contributed by atoms with Gasteiger partial charge < -0.3 is 9.57 Å². The van der Waals surface area contributed by atoms with Gasteiger partial charge in [-0.25, -0.2) is 14.2 Å². The number of benzene rings is 2. The van der Waals surface area contributed by atoms with Crippen LogP contribution in [0.15, 0.2) is 54.6 Å². The highest BCUT2D eigenvalue weighted by molar-refractivity contribution is 5.89. The third kappa shape index (κ3) is 3.59.